The number of anilines is 2. The quantitative estimate of drug-likeness (QED) is 0.875. The number of amides is 1. The van der Waals surface area contributed by atoms with E-state index >= 15 is 0 Å². The Hall–Kier alpha value is -1.85. The molecule has 1 aromatic carbocycles. The zero-order chi connectivity index (χ0) is 18.5. The Morgan fingerprint density at radius 2 is 1.69 bits per heavy atom. The molecule has 4 heterocycles. The number of rotatable bonds is 2. The summed E-state index contributed by atoms with van der Waals surface area (Å²) in [5.41, 5.74) is 2.17. The molecule has 2 bridgehead atoms. The van der Waals surface area contributed by atoms with Gasteiger partial charge < -0.3 is 15.1 Å². The minimum atomic E-state index is -2.52. The van der Waals surface area contributed by atoms with Crippen LogP contribution in [0.2, 0.25) is 0 Å². The van der Waals surface area contributed by atoms with E-state index in [2.05, 4.69) is 36.2 Å². The van der Waals surface area contributed by atoms with E-state index in [1.54, 1.807) is 0 Å². The van der Waals surface area contributed by atoms with E-state index in [0.29, 0.717) is 19.5 Å². The van der Waals surface area contributed by atoms with Gasteiger partial charge in [0.1, 0.15) is 0 Å². The molecule has 4 aliphatic rings. The molecule has 0 saturated carbocycles. The van der Waals surface area contributed by atoms with Crippen molar-refractivity contribution in [1.29, 1.82) is 0 Å². The van der Waals surface area contributed by atoms with Gasteiger partial charge in [-0.25, -0.2) is 8.78 Å². The van der Waals surface area contributed by atoms with E-state index in [-0.39, 0.29) is 36.2 Å². The average Bonchev–Trinajstić information content (AvgIpc) is 2.79. The maximum absolute atomic E-state index is 13.4. The first-order valence-corrected chi connectivity index (χ1v) is 9.52. The van der Waals surface area contributed by atoms with Crippen LogP contribution in [0.15, 0.2) is 24.3 Å². The Bertz CT molecular complexity index is 679. The van der Waals surface area contributed by atoms with Crippen LogP contribution in [-0.4, -0.2) is 43.5 Å². The lowest BCUT2D eigenvalue weighted by molar-refractivity contribution is -0.121. The van der Waals surface area contributed by atoms with E-state index < -0.39 is 5.92 Å². The van der Waals surface area contributed by atoms with E-state index in [9.17, 15) is 13.6 Å². The molecule has 26 heavy (non-hydrogen) atoms. The number of alkyl halides is 2. The van der Waals surface area contributed by atoms with Crippen LogP contribution >= 0.6 is 0 Å². The molecule has 0 aromatic heterocycles. The number of benzene rings is 1. The summed E-state index contributed by atoms with van der Waals surface area (Å²) >= 11 is 0. The van der Waals surface area contributed by atoms with Crippen molar-refractivity contribution in [2.45, 2.75) is 57.5 Å². The molecule has 142 valence electrons. The number of hydrogen-bond acceptors (Lipinski definition) is 3. The Morgan fingerprint density at radius 1 is 1.08 bits per heavy atom. The van der Waals surface area contributed by atoms with Gasteiger partial charge in [0.05, 0.1) is 0 Å². The molecule has 5 rings (SSSR count). The fourth-order valence-corrected chi connectivity index (χ4v) is 4.80. The molecule has 6 heteroatoms. The Morgan fingerprint density at radius 3 is 2.35 bits per heavy atom. The first-order chi connectivity index (χ1) is 12.2. The monoisotopic (exact) mass is 363 g/mol. The highest BCUT2D eigenvalue weighted by Gasteiger charge is 2.46. The second kappa shape index (κ2) is 6.10. The summed E-state index contributed by atoms with van der Waals surface area (Å²) in [6, 6.07) is 8.56. The average molecular weight is 363 g/mol. The maximum atomic E-state index is 13.4. The lowest BCUT2D eigenvalue weighted by Gasteiger charge is -2.48. The molecule has 2 unspecified atom stereocenters. The highest BCUT2D eigenvalue weighted by Crippen LogP contribution is 2.41. The van der Waals surface area contributed by atoms with Crippen molar-refractivity contribution in [3.63, 3.8) is 0 Å². The smallest absolute Gasteiger partial charge is 0.251 e. The minimum Gasteiger partial charge on any atom is -0.371 e. The predicted octanol–water partition coefficient (Wildman–Crippen LogP) is 3.42. The normalized spacial score (nSPS) is 30.1. The van der Waals surface area contributed by atoms with Crippen molar-refractivity contribution >= 4 is 17.3 Å². The van der Waals surface area contributed by atoms with Crippen LogP contribution in [0.5, 0.6) is 0 Å². The van der Waals surface area contributed by atoms with Crippen molar-refractivity contribution in [1.82, 2.24) is 5.32 Å². The van der Waals surface area contributed by atoms with Gasteiger partial charge in [-0.05, 0) is 36.1 Å². The predicted molar refractivity (Wildman–Crippen MR) is 98.9 cm³/mol. The number of nitrogens with one attached hydrogen (secondary N) is 1. The fourth-order valence-electron chi connectivity index (χ4n) is 4.80. The molecule has 2 atom stereocenters. The van der Waals surface area contributed by atoms with Crippen LogP contribution < -0.4 is 15.1 Å². The third kappa shape index (κ3) is 3.26. The summed E-state index contributed by atoms with van der Waals surface area (Å²) < 4.78 is 26.7. The van der Waals surface area contributed by atoms with Crippen LogP contribution in [0.3, 0.4) is 0 Å². The largest absolute Gasteiger partial charge is 0.371 e. The SMILES string of the molecule is CC1(C)CC2CN(c3ccc(N4CCC(F)(F)CC4)cc3)C1CC(=O)N2. The van der Waals surface area contributed by atoms with Gasteiger partial charge in [-0.1, -0.05) is 13.8 Å². The first kappa shape index (κ1) is 17.6. The van der Waals surface area contributed by atoms with Gasteiger partial charge in [-0.15, -0.1) is 0 Å². The van der Waals surface area contributed by atoms with E-state index in [1.165, 1.54) is 0 Å². The van der Waals surface area contributed by atoms with E-state index in [4.69, 9.17) is 0 Å². The van der Waals surface area contributed by atoms with Crippen LogP contribution in [0.25, 0.3) is 0 Å². The topological polar surface area (TPSA) is 35.6 Å². The molecule has 4 nitrogen and oxygen atoms in total. The molecule has 0 spiro atoms. The van der Waals surface area contributed by atoms with Gasteiger partial charge >= 0.3 is 0 Å². The maximum Gasteiger partial charge on any atom is 0.251 e. The van der Waals surface area contributed by atoms with Gasteiger partial charge in [0.2, 0.25) is 5.91 Å². The Balaban J connectivity index is 1.53. The van der Waals surface area contributed by atoms with Crippen LogP contribution in [0.1, 0.15) is 39.5 Å². The molecular formula is C20H27F2N3O. The number of nitrogens with zero attached hydrogens (tertiary/aromatic N) is 2. The summed E-state index contributed by atoms with van der Waals surface area (Å²) in [5, 5.41) is 3.14. The molecule has 0 radical (unpaired) electrons. The molecule has 4 fully saturated rings. The summed E-state index contributed by atoms with van der Waals surface area (Å²) in [7, 11) is 0. The molecule has 1 aromatic rings. The highest BCUT2D eigenvalue weighted by molar-refractivity contribution is 5.79. The first-order valence-electron chi connectivity index (χ1n) is 9.52. The van der Waals surface area contributed by atoms with Gasteiger partial charge in [0.25, 0.3) is 5.92 Å². The minimum absolute atomic E-state index is 0.0687. The number of piperidine rings is 2. The van der Waals surface area contributed by atoms with Crippen molar-refractivity contribution < 1.29 is 13.6 Å². The van der Waals surface area contributed by atoms with Crippen LogP contribution in [-0.2, 0) is 4.79 Å². The highest BCUT2D eigenvalue weighted by atomic mass is 19.3. The van der Waals surface area contributed by atoms with Gasteiger partial charge in [0, 0.05) is 62.4 Å². The van der Waals surface area contributed by atoms with Gasteiger partial charge in [-0.2, -0.15) is 0 Å². The third-order valence-electron chi connectivity index (χ3n) is 6.25. The van der Waals surface area contributed by atoms with Crippen molar-refractivity contribution in [2.24, 2.45) is 5.41 Å². The zero-order valence-electron chi connectivity index (χ0n) is 15.5. The Kier molecular flexibility index (Phi) is 4.12. The zero-order valence-corrected chi connectivity index (χ0v) is 15.5. The number of fused-ring (bicyclic) bond motifs is 4. The second-order valence-electron chi connectivity index (χ2n) is 8.69. The molecular weight excluding hydrogens is 336 g/mol. The van der Waals surface area contributed by atoms with Crippen molar-refractivity contribution in [3.8, 4) is 0 Å². The molecule has 0 aliphatic carbocycles. The molecule has 4 saturated heterocycles. The summed E-state index contributed by atoms with van der Waals surface area (Å²) in [5.74, 6) is -2.38. The van der Waals surface area contributed by atoms with Crippen LogP contribution in [0.4, 0.5) is 20.2 Å². The summed E-state index contributed by atoms with van der Waals surface area (Å²) in [6.45, 7) is 6.09. The number of halogens is 2. The van der Waals surface area contributed by atoms with E-state index in [1.807, 2.05) is 17.0 Å². The lowest BCUT2D eigenvalue weighted by atomic mass is 9.74. The summed E-state index contributed by atoms with van der Waals surface area (Å²) in [4.78, 5) is 16.5. The fraction of sp³-hybridized carbons (Fsp3) is 0.650. The number of hydrogen-bond donors (Lipinski definition) is 1. The number of carbonyl (C=O) groups is 1. The van der Waals surface area contributed by atoms with Gasteiger partial charge in [-0.3, -0.25) is 4.79 Å². The Labute approximate surface area is 153 Å². The summed E-state index contributed by atoms with van der Waals surface area (Å²) in [6.07, 6.45) is 1.37. The molecule has 4 aliphatic heterocycles. The third-order valence-corrected chi connectivity index (χ3v) is 6.25. The van der Waals surface area contributed by atoms with Crippen molar-refractivity contribution in [2.75, 3.05) is 29.4 Å². The standard InChI is InChI=1S/C20H27F2N3O/c1-19(2)12-14-13-25(17(19)11-18(26)23-14)16-5-3-15(4-6-16)24-9-7-20(21,22)8-10-24/h3-6,14,17H,7-13H2,1-2H3,(H,23,26). The van der Waals surface area contributed by atoms with Crippen LogP contribution in [0, 0.1) is 5.41 Å². The van der Waals surface area contributed by atoms with Crippen molar-refractivity contribution in [3.05, 3.63) is 24.3 Å². The lowest BCUT2D eigenvalue weighted by Crippen LogP contribution is -2.54. The molecule has 1 amide bonds. The van der Waals surface area contributed by atoms with E-state index in [0.717, 1.165) is 24.3 Å². The second-order valence-corrected chi connectivity index (χ2v) is 8.69. The van der Waals surface area contributed by atoms with Gasteiger partial charge in [0.15, 0.2) is 0 Å². The number of carbonyl (C=O) groups excluding carboxylic acids is 1. The molecule has 1 N–H and O–H groups in total.